The molecule has 0 radical (unpaired) electrons. The highest BCUT2D eigenvalue weighted by Gasteiger charge is 2.42. The quantitative estimate of drug-likeness (QED) is 0.913. The van der Waals surface area contributed by atoms with E-state index in [1.54, 1.807) is 42.3 Å². The van der Waals surface area contributed by atoms with Crippen LogP contribution in [-0.4, -0.2) is 45.4 Å². The lowest BCUT2D eigenvalue weighted by atomic mass is 9.90. The van der Waals surface area contributed by atoms with Crippen molar-refractivity contribution in [3.63, 3.8) is 0 Å². The summed E-state index contributed by atoms with van der Waals surface area (Å²) in [7, 11) is -1.07. The molecule has 1 amide bonds. The van der Waals surface area contributed by atoms with Crippen LogP contribution in [0.4, 0.5) is 0 Å². The molecule has 2 unspecified atom stereocenters. The molecule has 2 rings (SSSR count). The zero-order valence-corrected chi connectivity index (χ0v) is 12.3. The van der Waals surface area contributed by atoms with Crippen molar-refractivity contribution < 1.29 is 18.9 Å². The number of carbonyl (C=O) groups excluding carboxylic acids is 1. The van der Waals surface area contributed by atoms with Crippen molar-refractivity contribution in [2.24, 2.45) is 5.41 Å². The molecule has 6 heteroatoms. The van der Waals surface area contributed by atoms with Gasteiger partial charge >= 0.3 is 5.97 Å². The van der Waals surface area contributed by atoms with Gasteiger partial charge in [-0.3, -0.25) is 13.8 Å². The van der Waals surface area contributed by atoms with Gasteiger partial charge in [0.1, 0.15) is 0 Å². The van der Waals surface area contributed by atoms with Gasteiger partial charge < -0.3 is 10.0 Å². The Morgan fingerprint density at radius 3 is 2.35 bits per heavy atom. The van der Waals surface area contributed by atoms with E-state index in [0.29, 0.717) is 23.4 Å². The van der Waals surface area contributed by atoms with Gasteiger partial charge in [0.15, 0.2) is 0 Å². The number of carboxylic acid groups (broad SMARTS) is 1. The SMILES string of the molecule is CS(=O)c1ccc(C(=O)N2CCC(C)(C(=O)O)C2)cc1. The van der Waals surface area contributed by atoms with Crippen LogP contribution in [-0.2, 0) is 15.6 Å². The molecule has 0 aliphatic carbocycles. The number of amides is 1. The summed E-state index contributed by atoms with van der Waals surface area (Å²) in [6.07, 6.45) is 2.04. The lowest BCUT2D eigenvalue weighted by Gasteiger charge is -2.20. The second kappa shape index (κ2) is 5.36. The summed E-state index contributed by atoms with van der Waals surface area (Å²) in [6, 6.07) is 6.59. The summed E-state index contributed by atoms with van der Waals surface area (Å²) < 4.78 is 11.3. The Morgan fingerprint density at radius 1 is 1.30 bits per heavy atom. The summed E-state index contributed by atoms with van der Waals surface area (Å²) in [5, 5.41) is 9.17. The molecular weight excluding hydrogens is 278 g/mol. The third-order valence-electron chi connectivity index (χ3n) is 3.71. The minimum absolute atomic E-state index is 0.177. The molecule has 20 heavy (non-hydrogen) atoms. The molecule has 1 aromatic rings. The zero-order valence-electron chi connectivity index (χ0n) is 11.5. The summed E-state index contributed by atoms with van der Waals surface area (Å²) in [5.74, 6) is -1.05. The summed E-state index contributed by atoms with van der Waals surface area (Å²) in [5.41, 5.74) is -0.366. The van der Waals surface area contributed by atoms with Gasteiger partial charge in [0.25, 0.3) is 5.91 Å². The number of nitrogens with zero attached hydrogens (tertiary/aromatic N) is 1. The van der Waals surface area contributed by atoms with E-state index >= 15 is 0 Å². The molecule has 2 atom stereocenters. The van der Waals surface area contributed by atoms with Crippen LogP contribution in [0.5, 0.6) is 0 Å². The van der Waals surface area contributed by atoms with E-state index in [1.165, 1.54) is 0 Å². The van der Waals surface area contributed by atoms with E-state index in [2.05, 4.69) is 0 Å². The van der Waals surface area contributed by atoms with E-state index in [4.69, 9.17) is 5.11 Å². The third-order valence-corrected chi connectivity index (χ3v) is 4.65. The van der Waals surface area contributed by atoms with Crippen LogP contribution in [0, 0.1) is 5.41 Å². The number of hydrogen-bond acceptors (Lipinski definition) is 3. The topological polar surface area (TPSA) is 74.7 Å². The van der Waals surface area contributed by atoms with Crippen molar-refractivity contribution in [1.29, 1.82) is 0 Å². The Bertz CT molecular complexity index is 569. The Balaban J connectivity index is 2.13. The first-order valence-electron chi connectivity index (χ1n) is 6.30. The van der Waals surface area contributed by atoms with Crippen LogP contribution < -0.4 is 0 Å². The van der Waals surface area contributed by atoms with Crippen molar-refractivity contribution in [3.05, 3.63) is 29.8 Å². The van der Waals surface area contributed by atoms with Crippen LogP contribution >= 0.6 is 0 Å². The molecule has 1 aliphatic heterocycles. The van der Waals surface area contributed by atoms with Crippen LogP contribution in [0.25, 0.3) is 0 Å². The number of carboxylic acids is 1. The van der Waals surface area contributed by atoms with E-state index in [-0.39, 0.29) is 12.5 Å². The Morgan fingerprint density at radius 2 is 1.90 bits per heavy atom. The van der Waals surface area contributed by atoms with Crippen LogP contribution in [0.15, 0.2) is 29.2 Å². The largest absolute Gasteiger partial charge is 0.481 e. The van der Waals surface area contributed by atoms with Gasteiger partial charge in [0.05, 0.1) is 5.41 Å². The average Bonchev–Trinajstić information content (AvgIpc) is 2.82. The molecule has 1 heterocycles. The third kappa shape index (κ3) is 2.75. The zero-order chi connectivity index (χ0) is 14.9. The van der Waals surface area contributed by atoms with Gasteiger partial charge in [-0.2, -0.15) is 0 Å². The number of aliphatic carboxylic acids is 1. The van der Waals surface area contributed by atoms with Crippen molar-refractivity contribution in [2.75, 3.05) is 19.3 Å². The Hall–Kier alpha value is -1.69. The molecule has 0 bridgehead atoms. The molecule has 0 spiro atoms. The van der Waals surface area contributed by atoms with E-state index < -0.39 is 22.2 Å². The molecule has 0 aromatic heterocycles. The van der Waals surface area contributed by atoms with Gasteiger partial charge in [0, 0.05) is 40.6 Å². The first-order valence-corrected chi connectivity index (χ1v) is 7.85. The number of likely N-dealkylation sites (tertiary alicyclic amines) is 1. The van der Waals surface area contributed by atoms with Gasteiger partial charge in [-0.1, -0.05) is 0 Å². The molecule has 1 aromatic carbocycles. The lowest BCUT2D eigenvalue weighted by Crippen LogP contribution is -2.34. The predicted molar refractivity (Wildman–Crippen MR) is 75.0 cm³/mol. The van der Waals surface area contributed by atoms with E-state index in [9.17, 15) is 13.8 Å². The van der Waals surface area contributed by atoms with Crippen LogP contribution in [0.2, 0.25) is 0 Å². The highest BCUT2D eigenvalue weighted by molar-refractivity contribution is 7.84. The molecule has 1 fully saturated rings. The van der Waals surface area contributed by atoms with Gasteiger partial charge in [-0.25, -0.2) is 0 Å². The Labute approximate surface area is 120 Å². The molecule has 1 N–H and O–H groups in total. The maximum absolute atomic E-state index is 12.3. The van der Waals surface area contributed by atoms with Gasteiger partial charge in [-0.05, 0) is 37.6 Å². The van der Waals surface area contributed by atoms with Crippen molar-refractivity contribution in [3.8, 4) is 0 Å². The van der Waals surface area contributed by atoms with E-state index in [1.807, 2.05) is 0 Å². The number of rotatable bonds is 3. The first kappa shape index (κ1) is 14.7. The predicted octanol–water partition coefficient (Wildman–Crippen LogP) is 1.36. The molecule has 108 valence electrons. The summed E-state index contributed by atoms with van der Waals surface area (Å²) in [6.45, 7) is 2.33. The lowest BCUT2D eigenvalue weighted by molar-refractivity contribution is -0.147. The fraction of sp³-hybridized carbons (Fsp3) is 0.429. The summed E-state index contributed by atoms with van der Waals surface area (Å²) >= 11 is 0. The van der Waals surface area contributed by atoms with Crippen LogP contribution in [0.3, 0.4) is 0 Å². The highest BCUT2D eigenvalue weighted by Crippen LogP contribution is 2.31. The van der Waals surface area contributed by atoms with Crippen molar-refractivity contribution in [2.45, 2.75) is 18.2 Å². The molecule has 1 saturated heterocycles. The minimum Gasteiger partial charge on any atom is -0.481 e. The maximum atomic E-state index is 12.3. The molecular formula is C14H17NO4S. The number of carbonyl (C=O) groups is 2. The maximum Gasteiger partial charge on any atom is 0.311 e. The Kier molecular flexibility index (Phi) is 3.94. The fourth-order valence-electron chi connectivity index (χ4n) is 2.28. The molecule has 5 nitrogen and oxygen atoms in total. The average molecular weight is 295 g/mol. The van der Waals surface area contributed by atoms with Gasteiger partial charge in [0.2, 0.25) is 0 Å². The second-order valence-electron chi connectivity index (χ2n) is 5.32. The first-order chi connectivity index (χ1) is 9.33. The standard InChI is InChI=1S/C14H17NO4S/c1-14(13(17)18)7-8-15(9-14)12(16)10-3-5-11(6-4-10)20(2)19/h3-6H,7-9H2,1-2H3,(H,17,18). The number of hydrogen-bond donors (Lipinski definition) is 1. The fourth-order valence-corrected chi connectivity index (χ4v) is 2.80. The normalized spacial score (nSPS) is 23.6. The number of benzene rings is 1. The van der Waals surface area contributed by atoms with Crippen LogP contribution in [0.1, 0.15) is 23.7 Å². The smallest absolute Gasteiger partial charge is 0.311 e. The highest BCUT2D eigenvalue weighted by atomic mass is 32.2. The minimum atomic E-state index is -1.07. The van der Waals surface area contributed by atoms with Crippen molar-refractivity contribution >= 4 is 22.7 Å². The van der Waals surface area contributed by atoms with E-state index in [0.717, 1.165) is 0 Å². The van der Waals surface area contributed by atoms with Crippen molar-refractivity contribution in [1.82, 2.24) is 4.90 Å². The monoisotopic (exact) mass is 295 g/mol. The summed E-state index contributed by atoms with van der Waals surface area (Å²) in [4.78, 5) is 25.7. The molecule has 1 aliphatic rings. The molecule has 0 saturated carbocycles. The van der Waals surface area contributed by atoms with Gasteiger partial charge in [-0.15, -0.1) is 0 Å². The second-order valence-corrected chi connectivity index (χ2v) is 6.70.